The Hall–Kier alpha value is -3.15. The molecule has 0 bridgehead atoms. The van der Waals surface area contributed by atoms with Gasteiger partial charge in [-0.2, -0.15) is 0 Å². The molecule has 3 rings (SSSR count). The molecule has 2 aromatic rings. The fourth-order valence-electron chi connectivity index (χ4n) is 3.94. The third-order valence-electron chi connectivity index (χ3n) is 5.76. The summed E-state index contributed by atoms with van der Waals surface area (Å²) in [5, 5.41) is 0. The minimum absolute atomic E-state index is 0.218. The molecule has 0 aliphatic carbocycles. The van der Waals surface area contributed by atoms with Crippen molar-refractivity contribution in [3.8, 4) is 5.75 Å². The fraction of sp³-hybridized carbons (Fsp3) is 0.444. The lowest BCUT2D eigenvalue weighted by atomic mass is 10.1. The number of fused-ring (bicyclic) bond motifs is 1. The van der Waals surface area contributed by atoms with E-state index in [1.165, 1.54) is 44.2 Å². The van der Waals surface area contributed by atoms with E-state index in [1.54, 1.807) is 30.3 Å². The van der Waals surface area contributed by atoms with Crippen LogP contribution in [0.2, 0.25) is 0 Å². The van der Waals surface area contributed by atoms with Crippen molar-refractivity contribution in [3.05, 3.63) is 59.2 Å². The number of esters is 1. The first kappa shape index (κ1) is 24.5. The van der Waals surface area contributed by atoms with E-state index < -0.39 is 17.8 Å². The number of amides is 2. The van der Waals surface area contributed by atoms with E-state index in [-0.39, 0.29) is 16.7 Å². The second-order valence-electron chi connectivity index (χ2n) is 8.24. The number of carbonyl (C=O) groups is 3. The third-order valence-corrected chi connectivity index (χ3v) is 5.76. The summed E-state index contributed by atoms with van der Waals surface area (Å²) in [7, 11) is 0. The van der Waals surface area contributed by atoms with Crippen molar-refractivity contribution in [2.24, 2.45) is 0 Å². The van der Waals surface area contributed by atoms with Crippen LogP contribution in [0, 0.1) is 0 Å². The number of imide groups is 1. The van der Waals surface area contributed by atoms with Gasteiger partial charge in [0.2, 0.25) is 0 Å². The van der Waals surface area contributed by atoms with Gasteiger partial charge < -0.3 is 9.47 Å². The van der Waals surface area contributed by atoms with Crippen LogP contribution < -0.4 is 9.64 Å². The summed E-state index contributed by atoms with van der Waals surface area (Å²) in [4.78, 5) is 39.3. The molecule has 33 heavy (non-hydrogen) atoms. The molecule has 2 amide bonds. The average Bonchev–Trinajstić information content (AvgIpc) is 3.08. The highest BCUT2D eigenvalue weighted by Crippen LogP contribution is 2.30. The number of ether oxygens (including phenoxy) is 2. The second-order valence-corrected chi connectivity index (χ2v) is 8.24. The highest BCUT2D eigenvalue weighted by molar-refractivity contribution is 6.34. The molecule has 0 radical (unpaired) electrons. The Bertz CT molecular complexity index is 967. The zero-order valence-electron chi connectivity index (χ0n) is 19.6. The number of benzene rings is 2. The smallest absolute Gasteiger partial charge is 0.338 e. The monoisotopic (exact) mass is 451 g/mol. The van der Waals surface area contributed by atoms with Crippen LogP contribution in [-0.4, -0.2) is 31.0 Å². The van der Waals surface area contributed by atoms with Crippen molar-refractivity contribution < 1.29 is 23.9 Å². The zero-order chi connectivity index (χ0) is 23.6. The van der Waals surface area contributed by atoms with Crippen LogP contribution in [0.5, 0.6) is 5.75 Å². The molecule has 0 aromatic heterocycles. The van der Waals surface area contributed by atoms with Crippen molar-refractivity contribution in [3.63, 3.8) is 0 Å². The average molecular weight is 452 g/mol. The van der Waals surface area contributed by atoms with Gasteiger partial charge in [-0.3, -0.25) is 9.59 Å². The summed E-state index contributed by atoms with van der Waals surface area (Å²) in [6.45, 7) is 4.98. The summed E-state index contributed by atoms with van der Waals surface area (Å²) >= 11 is 0. The minimum atomic E-state index is -0.472. The normalized spacial score (nSPS) is 12.7. The van der Waals surface area contributed by atoms with Gasteiger partial charge in [0.05, 0.1) is 35.6 Å². The third kappa shape index (κ3) is 6.21. The van der Waals surface area contributed by atoms with Crippen molar-refractivity contribution in [1.29, 1.82) is 0 Å². The first-order valence-electron chi connectivity index (χ1n) is 12.0. The molecule has 6 heteroatoms. The maximum Gasteiger partial charge on any atom is 0.338 e. The topological polar surface area (TPSA) is 72.9 Å². The van der Waals surface area contributed by atoms with E-state index in [4.69, 9.17) is 9.47 Å². The van der Waals surface area contributed by atoms with E-state index in [9.17, 15) is 14.4 Å². The lowest BCUT2D eigenvalue weighted by Gasteiger charge is -2.14. The van der Waals surface area contributed by atoms with E-state index in [2.05, 4.69) is 6.92 Å². The Morgan fingerprint density at radius 2 is 1.42 bits per heavy atom. The van der Waals surface area contributed by atoms with Crippen molar-refractivity contribution >= 4 is 23.5 Å². The van der Waals surface area contributed by atoms with Gasteiger partial charge in [-0.25, -0.2) is 9.69 Å². The summed E-state index contributed by atoms with van der Waals surface area (Å²) in [6, 6.07) is 11.3. The maximum atomic E-state index is 12.9. The number of hydrogen-bond donors (Lipinski definition) is 0. The molecule has 0 unspecified atom stereocenters. The molecule has 1 aliphatic rings. The molecule has 0 fully saturated rings. The standard InChI is InChI=1S/C27H33NO5/c1-3-5-6-7-8-9-10-11-18-33-27(31)20-12-17-23-24(19-20)26(30)28(25(23)29)21-13-15-22(16-14-21)32-4-2/h12-17,19H,3-11,18H2,1-2H3. The molecule has 0 atom stereocenters. The van der Waals surface area contributed by atoms with Crippen molar-refractivity contribution in [1.82, 2.24) is 0 Å². The lowest BCUT2D eigenvalue weighted by Crippen LogP contribution is -2.29. The van der Waals surface area contributed by atoms with Crippen molar-refractivity contribution in [2.45, 2.75) is 65.2 Å². The SMILES string of the molecule is CCCCCCCCCCOC(=O)c1ccc2c(c1)C(=O)N(c1ccc(OCC)cc1)C2=O. The second kappa shape index (κ2) is 12.2. The molecule has 1 aliphatic heterocycles. The number of hydrogen-bond acceptors (Lipinski definition) is 5. The summed E-state index contributed by atoms with van der Waals surface area (Å²) in [5.74, 6) is -0.658. The van der Waals surface area contributed by atoms with Gasteiger partial charge in [0, 0.05) is 0 Å². The molecule has 6 nitrogen and oxygen atoms in total. The molecule has 0 saturated carbocycles. The van der Waals surface area contributed by atoms with Crippen LogP contribution in [0.4, 0.5) is 5.69 Å². The van der Waals surface area contributed by atoms with Crippen LogP contribution in [0.25, 0.3) is 0 Å². The first-order valence-corrected chi connectivity index (χ1v) is 12.0. The number of nitrogens with zero attached hydrogens (tertiary/aromatic N) is 1. The largest absolute Gasteiger partial charge is 0.494 e. The number of rotatable bonds is 13. The molecule has 1 heterocycles. The zero-order valence-corrected chi connectivity index (χ0v) is 19.6. The lowest BCUT2D eigenvalue weighted by molar-refractivity contribution is 0.0497. The predicted molar refractivity (Wildman–Crippen MR) is 128 cm³/mol. The van der Waals surface area contributed by atoms with Gasteiger partial charge in [0.25, 0.3) is 11.8 Å². The van der Waals surface area contributed by atoms with E-state index in [0.29, 0.717) is 24.7 Å². The van der Waals surface area contributed by atoms with Crippen molar-refractivity contribution in [2.75, 3.05) is 18.1 Å². The number of carbonyl (C=O) groups excluding carboxylic acids is 3. The quantitative estimate of drug-likeness (QED) is 0.206. The fourth-order valence-corrected chi connectivity index (χ4v) is 3.94. The number of anilines is 1. The molecule has 2 aromatic carbocycles. The maximum absolute atomic E-state index is 12.9. The van der Waals surface area contributed by atoms with Crippen LogP contribution in [0.1, 0.15) is 96.3 Å². The molecule has 0 N–H and O–H groups in total. The van der Waals surface area contributed by atoms with Crippen LogP contribution in [-0.2, 0) is 4.74 Å². The van der Waals surface area contributed by atoms with Gasteiger partial charge in [0.15, 0.2) is 0 Å². The predicted octanol–water partition coefficient (Wildman–Crippen LogP) is 6.18. The van der Waals surface area contributed by atoms with Gasteiger partial charge in [0.1, 0.15) is 5.75 Å². The molecule has 0 saturated heterocycles. The van der Waals surface area contributed by atoms with Crippen LogP contribution in [0.3, 0.4) is 0 Å². The Balaban J connectivity index is 1.54. The van der Waals surface area contributed by atoms with E-state index in [1.807, 2.05) is 6.92 Å². The van der Waals surface area contributed by atoms with Gasteiger partial charge >= 0.3 is 5.97 Å². The number of unbranched alkanes of at least 4 members (excludes halogenated alkanes) is 7. The molecule has 176 valence electrons. The van der Waals surface area contributed by atoms with Crippen LogP contribution in [0.15, 0.2) is 42.5 Å². The summed E-state index contributed by atoms with van der Waals surface area (Å²) < 4.78 is 10.8. The molecular weight excluding hydrogens is 418 g/mol. The minimum Gasteiger partial charge on any atom is -0.494 e. The highest BCUT2D eigenvalue weighted by Gasteiger charge is 2.37. The Labute approximate surface area is 195 Å². The highest BCUT2D eigenvalue weighted by atomic mass is 16.5. The molecular formula is C27H33NO5. The van der Waals surface area contributed by atoms with Crippen LogP contribution >= 0.6 is 0 Å². The van der Waals surface area contributed by atoms with E-state index in [0.717, 1.165) is 24.2 Å². The van der Waals surface area contributed by atoms with Gasteiger partial charge in [-0.1, -0.05) is 51.9 Å². The first-order chi connectivity index (χ1) is 16.1. The van der Waals surface area contributed by atoms with E-state index >= 15 is 0 Å². The summed E-state index contributed by atoms with van der Waals surface area (Å²) in [6.07, 6.45) is 9.34. The Morgan fingerprint density at radius 1 is 0.788 bits per heavy atom. The Morgan fingerprint density at radius 3 is 2.09 bits per heavy atom. The molecule has 0 spiro atoms. The summed E-state index contributed by atoms with van der Waals surface area (Å²) in [5.41, 5.74) is 1.25. The van der Waals surface area contributed by atoms with Gasteiger partial charge in [-0.15, -0.1) is 0 Å². The Kier molecular flexibility index (Phi) is 9.04. The van der Waals surface area contributed by atoms with Gasteiger partial charge in [-0.05, 0) is 55.8 Å².